The lowest BCUT2D eigenvalue weighted by atomic mass is 10.2. The van der Waals surface area contributed by atoms with Gasteiger partial charge in [0.05, 0.1) is 19.5 Å². The molecule has 2 N–H and O–H groups in total. The van der Waals surface area contributed by atoms with Gasteiger partial charge < -0.3 is 15.2 Å². The maximum absolute atomic E-state index is 12.3. The summed E-state index contributed by atoms with van der Waals surface area (Å²) in [6.07, 6.45) is 1.73. The van der Waals surface area contributed by atoms with Crippen LogP contribution in [0.15, 0.2) is 55.2 Å². The Morgan fingerprint density at radius 3 is 2.50 bits per heavy atom. The lowest BCUT2D eigenvalue weighted by molar-refractivity contribution is -0.139. The summed E-state index contributed by atoms with van der Waals surface area (Å²) in [5, 5.41) is 12.0. The molecule has 3 rings (SSSR count). The van der Waals surface area contributed by atoms with Gasteiger partial charge in [-0.15, -0.1) is 0 Å². The first-order chi connectivity index (χ1) is 13.3. The standard InChI is InChI=1S/C19H14Br2N2O4S/c1-10-2-4-12(5-3-10)22-19-23-18(26)15(28-19)8-11-6-13(20)17(14(21)7-11)27-9-16(24)25/h2-8H,9H2,1H3,(H,24,25)(H,22,23,26)/b15-8+. The molecule has 9 heteroatoms. The number of nitrogens with one attached hydrogen (secondary N) is 1. The van der Waals surface area contributed by atoms with Gasteiger partial charge in [0.2, 0.25) is 0 Å². The van der Waals surface area contributed by atoms with E-state index < -0.39 is 12.6 Å². The van der Waals surface area contributed by atoms with E-state index in [4.69, 9.17) is 9.84 Å². The number of carboxylic acids is 1. The summed E-state index contributed by atoms with van der Waals surface area (Å²) in [7, 11) is 0. The van der Waals surface area contributed by atoms with Crippen molar-refractivity contribution in [2.24, 2.45) is 4.99 Å². The monoisotopic (exact) mass is 524 g/mol. The van der Waals surface area contributed by atoms with Crippen LogP contribution in [0.1, 0.15) is 11.1 Å². The number of aliphatic imine (C=N–C) groups is 1. The quantitative estimate of drug-likeness (QED) is 0.543. The van der Waals surface area contributed by atoms with Gasteiger partial charge in [0.25, 0.3) is 5.91 Å². The van der Waals surface area contributed by atoms with Crippen LogP contribution in [0.2, 0.25) is 0 Å². The fourth-order valence-electron chi connectivity index (χ4n) is 2.30. The highest BCUT2D eigenvalue weighted by molar-refractivity contribution is 9.11. The van der Waals surface area contributed by atoms with Crippen molar-refractivity contribution in [1.29, 1.82) is 0 Å². The summed E-state index contributed by atoms with van der Waals surface area (Å²) in [5.74, 6) is -0.909. The summed E-state index contributed by atoms with van der Waals surface area (Å²) in [5.41, 5.74) is 2.65. The van der Waals surface area contributed by atoms with E-state index in [1.54, 1.807) is 18.2 Å². The molecule has 1 aliphatic rings. The minimum atomic E-state index is -1.07. The highest BCUT2D eigenvalue weighted by Crippen LogP contribution is 2.36. The van der Waals surface area contributed by atoms with Crippen LogP contribution in [-0.2, 0) is 9.59 Å². The number of carbonyl (C=O) groups is 2. The number of ether oxygens (including phenoxy) is 1. The van der Waals surface area contributed by atoms with E-state index in [2.05, 4.69) is 42.2 Å². The smallest absolute Gasteiger partial charge is 0.341 e. The Bertz CT molecular complexity index is 980. The van der Waals surface area contributed by atoms with Crippen LogP contribution in [0.25, 0.3) is 6.08 Å². The first kappa shape index (κ1) is 20.6. The molecule has 0 saturated carbocycles. The molecule has 0 atom stereocenters. The number of amidine groups is 1. The Kier molecular flexibility index (Phi) is 6.58. The Morgan fingerprint density at radius 2 is 1.89 bits per heavy atom. The van der Waals surface area contributed by atoms with E-state index in [1.807, 2.05) is 31.2 Å². The molecule has 1 fully saturated rings. The van der Waals surface area contributed by atoms with E-state index in [0.717, 1.165) is 16.8 Å². The molecule has 1 aliphatic heterocycles. The molecular weight excluding hydrogens is 512 g/mol. The summed E-state index contributed by atoms with van der Waals surface area (Å²) in [4.78, 5) is 27.9. The zero-order chi connectivity index (χ0) is 20.3. The van der Waals surface area contributed by atoms with Crippen LogP contribution in [0, 0.1) is 6.92 Å². The number of amides is 1. The zero-order valence-electron chi connectivity index (χ0n) is 14.5. The van der Waals surface area contributed by atoms with E-state index in [9.17, 15) is 9.59 Å². The van der Waals surface area contributed by atoms with Crippen LogP contribution in [0.4, 0.5) is 5.69 Å². The Morgan fingerprint density at radius 1 is 1.25 bits per heavy atom. The third kappa shape index (κ3) is 5.24. The van der Waals surface area contributed by atoms with Gasteiger partial charge in [0.1, 0.15) is 5.75 Å². The fraction of sp³-hybridized carbons (Fsp3) is 0.105. The Balaban J connectivity index is 1.80. The number of carbonyl (C=O) groups excluding carboxylic acids is 1. The molecule has 0 unspecified atom stereocenters. The predicted molar refractivity (Wildman–Crippen MR) is 117 cm³/mol. The third-order valence-electron chi connectivity index (χ3n) is 3.57. The molecule has 0 aliphatic carbocycles. The highest BCUT2D eigenvalue weighted by Gasteiger charge is 2.24. The van der Waals surface area contributed by atoms with Gasteiger partial charge in [-0.05, 0) is 86.5 Å². The number of benzene rings is 2. The van der Waals surface area contributed by atoms with E-state index >= 15 is 0 Å². The first-order valence-corrected chi connectivity index (χ1v) is 10.4. The number of thioether (sulfide) groups is 1. The van der Waals surface area contributed by atoms with Crippen LogP contribution < -0.4 is 10.1 Å². The van der Waals surface area contributed by atoms with Crippen LogP contribution >= 0.6 is 43.6 Å². The molecule has 2 aromatic carbocycles. The van der Waals surface area contributed by atoms with Gasteiger partial charge in [-0.2, -0.15) is 0 Å². The summed E-state index contributed by atoms with van der Waals surface area (Å²) in [6.45, 7) is 1.55. The molecule has 2 aromatic rings. The molecule has 0 aromatic heterocycles. The van der Waals surface area contributed by atoms with Crippen LogP contribution in [-0.4, -0.2) is 28.8 Å². The minimum Gasteiger partial charge on any atom is -0.480 e. The van der Waals surface area contributed by atoms with Crippen molar-refractivity contribution in [3.8, 4) is 5.75 Å². The number of aliphatic carboxylic acids is 1. The first-order valence-electron chi connectivity index (χ1n) is 8.02. The summed E-state index contributed by atoms with van der Waals surface area (Å²) in [6, 6.07) is 11.2. The van der Waals surface area contributed by atoms with Crippen molar-refractivity contribution in [3.63, 3.8) is 0 Å². The number of hydrogen-bond donors (Lipinski definition) is 2. The predicted octanol–water partition coefficient (Wildman–Crippen LogP) is 4.88. The van der Waals surface area contributed by atoms with Gasteiger partial charge in [-0.25, -0.2) is 9.79 Å². The van der Waals surface area contributed by atoms with Gasteiger partial charge in [-0.3, -0.25) is 4.79 Å². The fourth-order valence-corrected chi connectivity index (χ4v) is 4.60. The number of halogens is 2. The highest BCUT2D eigenvalue weighted by atomic mass is 79.9. The number of aryl methyl sites for hydroxylation is 1. The maximum atomic E-state index is 12.3. The maximum Gasteiger partial charge on any atom is 0.341 e. The molecule has 0 radical (unpaired) electrons. The minimum absolute atomic E-state index is 0.227. The number of nitrogens with zero attached hydrogens (tertiary/aromatic N) is 1. The van der Waals surface area contributed by atoms with Crippen molar-refractivity contribution in [3.05, 3.63) is 61.4 Å². The van der Waals surface area contributed by atoms with Crippen molar-refractivity contribution in [1.82, 2.24) is 5.32 Å². The second-order valence-electron chi connectivity index (χ2n) is 5.81. The zero-order valence-corrected chi connectivity index (χ0v) is 18.5. The average Bonchev–Trinajstić information content (AvgIpc) is 2.95. The van der Waals surface area contributed by atoms with Crippen molar-refractivity contribution >= 4 is 72.4 Å². The molecule has 1 amide bonds. The third-order valence-corrected chi connectivity index (χ3v) is 5.66. The number of carboxylic acid groups (broad SMARTS) is 1. The summed E-state index contributed by atoms with van der Waals surface area (Å²) < 4.78 is 6.40. The Hall–Kier alpha value is -2.10. The van der Waals surface area contributed by atoms with E-state index in [1.165, 1.54) is 11.8 Å². The molecule has 0 bridgehead atoms. The van der Waals surface area contributed by atoms with E-state index in [-0.39, 0.29) is 5.91 Å². The van der Waals surface area contributed by atoms with Gasteiger partial charge in [0.15, 0.2) is 11.8 Å². The molecule has 0 spiro atoms. The molecule has 28 heavy (non-hydrogen) atoms. The van der Waals surface area contributed by atoms with Crippen molar-refractivity contribution < 1.29 is 19.4 Å². The molecule has 6 nitrogen and oxygen atoms in total. The van der Waals surface area contributed by atoms with Gasteiger partial charge in [0, 0.05) is 0 Å². The van der Waals surface area contributed by atoms with Gasteiger partial charge >= 0.3 is 5.97 Å². The second-order valence-corrected chi connectivity index (χ2v) is 8.55. The lowest BCUT2D eigenvalue weighted by Crippen LogP contribution is -2.19. The van der Waals surface area contributed by atoms with Gasteiger partial charge in [-0.1, -0.05) is 17.7 Å². The molecular formula is C19H14Br2N2O4S. The number of rotatable bonds is 5. The lowest BCUT2D eigenvalue weighted by Gasteiger charge is -2.09. The van der Waals surface area contributed by atoms with E-state index in [0.29, 0.717) is 24.8 Å². The SMILES string of the molecule is Cc1ccc(N=C2NC(=O)/C(=C\c3cc(Br)c(OCC(=O)O)c(Br)c3)S2)cc1. The van der Waals surface area contributed by atoms with Crippen molar-refractivity contribution in [2.75, 3.05) is 6.61 Å². The summed E-state index contributed by atoms with van der Waals surface area (Å²) >= 11 is 7.99. The topological polar surface area (TPSA) is 88.0 Å². The average molecular weight is 526 g/mol. The van der Waals surface area contributed by atoms with Crippen LogP contribution in [0.3, 0.4) is 0 Å². The molecule has 144 valence electrons. The Labute approximate surface area is 182 Å². The van der Waals surface area contributed by atoms with Crippen molar-refractivity contribution in [2.45, 2.75) is 6.92 Å². The molecule has 1 heterocycles. The second kappa shape index (κ2) is 8.93. The number of hydrogen-bond acceptors (Lipinski definition) is 5. The normalized spacial score (nSPS) is 16.5. The largest absolute Gasteiger partial charge is 0.480 e. The van der Waals surface area contributed by atoms with Crippen LogP contribution in [0.5, 0.6) is 5.75 Å². The molecule has 1 saturated heterocycles.